The molecule has 0 heterocycles. The van der Waals surface area contributed by atoms with Crippen molar-refractivity contribution in [3.63, 3.8) is 0 Å². The molecule has 0 atom stereocenters. The Hall–Kier alpha value is -3.21. The zero-order valence-electron chi connectivity index (χ0n) is 15.8. The van der Waals surface area contributed by atoms with Crippen molar-refractivity contribution < 1.29 is 8.42 Å². The Morgan fingerprint density at radius 3 is 1.10 bits per heavy atom. The van der Waals surface area contributed by atoms with Crippen molar-refractivity contribution in [3.8, 4) is 0 Å². The smallest absolute Gasteiger partial charge is 0.225 e. The monoisotopic (exact) mass is 399 g/mol. The Morgan fingerprint density at radius 2 is 0.793 bits per heavy atom. The van der Waals surface area contributed by atoms with Gasteiger partial charge in [0.1, 0.15) is 0 Å². The molecule has 4 aromatic rings. The summed E-state index contributed by atoms with van der Waals surface area (Å²) in [4.78, 5) is 0.101. The van der Waals surface area contributed by atoms with E-state index >= 15 is 0 Å². The van der Waals surface area contributed by atoms with Gasteiger partial charge in [0.15, 0.2) is 0 Å². The molecule has 0 saturated heterocycles. The molecular formula is C25H21NO2S. The highest BCUT2D eigenvalue weighted by molar-refractivity contribution is 7.89. The third-order valence-electron chi connectivity index (χ3n) is 5.24. The highest BCUT2D eigenvalue weighted by atomic mass is 32.2. The zero-order chi connectivity index (χ0) is 20.3. The van der Waals surface area contributed by atoms with Gasteiger partial charge < -0.3 is 0 Å². The van der Waals surface area contributed by atoms with Gasteiger partial charge in [0.25, 0.3) is 0 Å². The number of nitrogens with two attached hydrogens (primary N) is 1. The lowest BCUT2D eigenvalue weighted by Crippen LogP contribution is -2.31. The SMILES string of the molecule is NS(=O)(=O)c1ccc(C(c2ccccc2)(c2ccccc2)c2ccccc2)cc1. The fraction of sp³-hybridized carbons (Fsp3) is 0.0400. The Labute approximate surface area is 171 Å². The van der Waals surface area contributed by atoms with Crippen LogP contribution in [0.5, 0.6) is 0 Å². The van der Waals surface area contributed by atoms with E-state index in [2.05, 4.69) is 36.4 Å². The van der Waals surface area contributed by atoms with Gasteiger partial charge in [0.2, 0.25) is 10.0 Å². The molecule has 3 nitrogen and oxygen atoms in total. The first kappa shape index (κ1) is 19.1. The summed E-state index contributed by atoms with van der Waals surface area (Å²) in [7, 11) is -3.76. The maximum atomic E-state index is 11.8. The lowest BCUT2D eigenvalue weighted by Gasteiger charge is -2.36. The molecule has 29 heavy (non-hydrogen) atoms. The van der Waals surface area contributed by atoms with Crippen LogP contribution in [0.25, 0.3) is 0 Å². The minimum absolute atomic E-state index is 0.101. The van der Waals surface area contributed by atoms with Gasteiger partial charge in [-0.1, -0.05) is 103 Å². The molecule has 0 amide bonds. The van der Waals surface area contributed by atoms with Crippen LogP contribution in [0.15, 0.2) is 120 Å². The molecule has 4 aromatic carbocycles. The lowest BCUT2D eigenvalue weighted by molar-refractivity contribution is 0.597. The largest absolute Gasteiger partial charge is 0.238 e. The Morgan fingerprint density at radius 1 is 0.483 bits per heavy atom. The summed E-state index contributed by atoms with van der Waals surface area (Å²) in [6, 6.07) is 37.6. The molecule has 0 fully saturated rings. The molecule has 0 radical (unpaired) electrons. The number of rotatable bonds is 5. The fourth-order valence-corrected chi connectivity index (χ4v) is 4.47. The van der Waals surface area contributed by atoms with Gasteiger partial charge in [-0.25, -0.2) is 13.6 Å². The van der Waals surface area contributed by atoms with Crippen molar-refractivity contribution in [3.05, 3.63) is 138 Å². The molecular weight excluding hydrogens is 378 g/mol. The number of sulfonamides is 1. The molecule has 4 heteroatoms. The third kappa shape index (κ3) is 3.48. The van der Waals surface area contributed by atoms with Crippen molar-refractivity contribution in [2.24, 2.45) is 5.14 Å². The molecule has 4 rings (SSSR count). The predicted molar refractivity (Wildman–Crippen MR) is 116 cm³/mol. The molecule has 0 aliphatic heterocycles. The summed E-state index contributed by atoms with van der Waals surface area (Å²) in [5.74, 6) is 0. The van der Waals surface area contributed by atoms with E-state index < -0.39 is 15.4 Å². The van der Waals surface area contributed by atoms with Crippen LogP contribution < -0.4 is 5.14 Å². The maximum absolute atomic E-state index is 11.8. The van der Waals surface area contributed by atoms with E-state index in [-0.39, 0.29) is 4.90 Å². The van der Waals surface area contributed by atoms with Gasteiger partial charge in [0.05, 0.1) is 10.3 Å². The standard InChI is InChI=1S/C25H21NO2S/c26-29(27,28)24-18-16-23(17-19-24)25(20-10-4-1-5-11-20,21-12-6-2-7-13-21)22-14-8-3-9-15-22/h1-19H,(H2,26,27,28). The molecule has 0 aromatic heterocycles. The van der Waals surface area contributed by atoms with Crippen LogP contribution in [0.2, 0.25) is 0 Å². The molecule has 2 N–H and O–H groups in total. The van der Waals surface area contributed by atoms with Gasteiger partial charge >= 0.3 is 0 Å². The summed E-state index contributed by atoms with van der Waals surface area (Å²) in [5, 5.41) is 5.32. The highest BCUT2D eigenvalue weighted by Gasteiger charge is 2.38. The molecule has 0 saturated carbocycles. The Bertz CT molecular complexity index is 1090. The van der Waals surface area contributed by atoms with E-state index in [1.54, 1.807) is 12.1 Å². The van der Waals surface area contributed by atoms with E-state index in [0.717, 1.165) is 22.3 Å². The van der Waals surface area contributed by atoms with Crippen molar-refractivity contribution >= 4 is 10.0 Å². The molecule has 0 spiro atoms. The van der Waals surface area contributed by atoms with Crippen LogP contribution in [0, 0.1) is 0 Å². The normalized spacial score (nSPS) is 11.9. The zero-order valence-corrected chi connectivity index (χ0v) is 16.6. The quantitative estimate of drug-likeness (QED) is 0.494. The average Bonchev–Trinajstić information content (AvgIpc) is 2.76. The van der Waals surface area contributed by atoms with Gasteiger partial charge in [-0.15, -0.1) is 0 Å². The summed E-state index contributed by atoms with van der Waals surface area (Å²) >= 11 is 0. The lowest BCUT2D eigenvalue weighted by atomic mass is 9.65. The fourth-order valence-electron chi connectivity index (χ4n) is 3.96. The first-order valence-corrected chi connectivity index (χ1v) is 10.9. The summed E-state index contributed by atoms with van der Waals surface area (Å²) in [6.07, 6.45) is 0. The summed E-state index contributed by atoms with van der Waals surface area (Å²) < 4.78 is 23.6. The first-order valence-electron chi connectivity index (χ1n) is 9.33. The third-order valence-corrected chi connectivity index (χ3v) is 6.17. The average molecular weight is 400 g/mol. The van der Waals surface area contributed by atoms with Crippen molar-refractivity contribution in [2.45, 2.75) is 10.3 Å². The van der Waals surface area contributed by atoms with E-state index in [1.165, 1.54) is 0 Å². The van der Waals surface area contributed by atoms with Gasteiger partial charge in [-0.2, -0.15) is 0 Å². The Balaban J connectivity index is 2.08. The van der Waals surface area contributed by atoms with Crippen LogP contribution >= 0.6 is 0 Å². The van der Waals surface area contributed by atoms with E-state index in [4.69, 9.17) is 5.14 Å². The second kappa shape index (κ2) is 7.66. The van der Waals surface area contributed by atoms with Gasteiger partial charge in [-0.3, -0.25) is 0 Å². The van der Waals surface area contributed by atoms with Crippen LogP contribution in [-0.2, 0) is 15.4 Å². The van der Waals surface area contributed by atoms with Gasteiger partial charge in [0, 0.05) is 0 Å². The number of hydrogen-bond acceptors (Lipinski definition) is 2. The predicted octanol–water partition coefficient (Wildman–Crippen LogP) is 4.72. The topological polar surface area (TPSA) is 60.2 Å². The second-order valence-corrected chi connectivity index (χ2v) is 8.48. The summed E-state index contributed by atoms with van der Waals surface area (Å²) in [5.41, 5.74) is 3.66. The number of hydrogen-bond donors (Lipinski definition) is 1. The highest BCUT2D eigenvalue weighted by Crippen LogP contribution is 2.45. The van der Waals surface area contributed by atoms with Crippen LogP contribution in [0.4, 0.5) is 0 Å². The minimum Gasteiger partial charge on any atom is -0.225 e. The van der Waals surface area contributed by atoms with Gasteiger partial charge in [-0.05, 0) is 34.4 Å². The molecule has 0 aliphatic rings. The van der Waals surface area contributed by atoms with Crippen molar-refractivity contribution in [2.75, 3.05) is 0 Å². The van der Waals surface area contributed by atoms with Crippen molar-refractivity contribution in [1.82, 2.24) is 0 Å². The van der Waals surface area contributed by atoms with E-state index in [9.17, 15) is 8.42 Å². The molecule has 0 unspecified atom stereocenters. The van der Waals surface area contributed by atoms with Crippen LogP contribution in [0.3, 0.4) is 0 Å². The van der Waals surface area contributed by atoms with Crippen LogP contribution in [-0.4, -0.2) is 8.42 Å². The maximum Gasteiger partial charge on any atom is 0.238 e. The number of primary sulfonamides is 1. The minimum atomic E-state index is -3.76. The second-order valence-electron chi connectivity index (χ2n) is 6.92. The molecule has 0 aliphatic carbocycles. The summed E-state index contributed by atoms with van der Waals surface area (Å²) in [6.45, 7) is 0. The van der Waals surface area contributed by atoms with E-state index in [0.29, 0.717) is 0 Å². The van der Waals surface area contributed by atoms with E-state index in [1.807, 2.05) is 66.7 Å². The van der Waals surface area contributed by atoms with Crippen molar-refractivity contribution in [1.29, 1.82) is 0 Å². The number of benzene rings is 4. The molecule has 0 bridgehead atoms. The molecule has 144 valence electrons. The first-order chi connectivity index (χ1) is 14.0. The van der Waals surface area contributed by atoms with Crippen LogP contribution in [0.1, 0.15) is 22.3 Å². The Kier molecular flexibility index (Phi) is 5.05.